The highest BCUT2D eigenvalue weighted by Crippen LogP contribution is 2.20. The van der Waals surface area contributed by atoms with E-state index in [1.165, 1.54) is 0 Å². The molecule has 1 aliphatic rings. The molecule has 0 spiro atoms. The number of benzene rings is 1. The lowest BCUT2D eigenvalue weighted by molar-refractivity contribution is -0.133. The first-order valence-electron chi connectivity index (χ1n) is 9.77. The number of hydrogen-bond donors (Lipinski definition) is 1. The van der Waals surface area contributed by atoms with Crippen LogP contribution >= 0.6 is 0 Å². The SMILES string of the molecule is CCCN(C(=O)CCc1nc(-c2ccc(OCC)cc2)no1)C1CCNC1. The van der Waals surface area contributed by atoms with Crippen LogP contribution in [-0.4, -0.2) is 53.2 Å². The summed E-state index contributed by atoms with van der Waals surface area (Å²) in [6, 6.07) is 7.88. The first kappa shape index (κ1) is 19.4. The minimum absolute atomic E-state index is 0.159. The lowest BCUT2D eigenvalue weighted by Gasteiger charge is -2.28. The van der Waals surface area contributed by atoms with E-state index in [2.05, 4.69) is 22.4 Å². The van der Waals surface area contributed by atoms with Gasteiger partial charge in [-0.3, -0.25) is 4.79 Å². The predicted octanol–water partition coefficient (Wildman–Crippen LogP) is 2.67. The van der Waals surface area contributed by atoms with E-state index in [0.717, 1.165) is 43.8 Å². The first-order chi connectivity index (χ1) is 13.2. The Balaban J connectivity index is 1.57. The molecule has 2 aromatic rings. The van der Waals surface area contributed by atoms with Crippen LogP contribution in [0.5, 0.6) is 5.75 Å². The zero-order chi connectivity index (χ0) is 19.1. The highest BCUT2D eigenvalue weighted by atomic mass is 16.5. The van der Waals surface area contributed by atoms with Crippen molar-refractivity contribution in [2.45, 2.75) is 45.6 Å². The van der Waals surface area contributed by atoms with Gasteiger partial charge in [0.25, 0.3) is 0 Å². The summed E-state index contributed by atoms with van der Waals surface area (Å²) >= 11 is 0. The van der Waals surface area contributed by atoms with Crippen molar-refractivity contribution in [3.63, 3.8) is 0 Å². The van der Waals surface area contributed by atoms with Crippen molar-refractivity contribution >= 4 is 5.91 Å². The molecule has 1 saturated heterocycles. The van der Waals surface area contributed by atoms with Gasteiger partial charge >= 0.3 is 0 Å². The molecule has 2 heterocycles. The normalized spacial score (nSPS) is 16.4. The van der Waals surface area contributed by atoms with Gasteiger partial charge in [-0.2, -0.15) is 4.98 Å². The number of aryl methyl sites for hydroxylation is 1. The van der Waals surface area contributed by atoms with Crippen molar-refractivity contribution in [2.24, 2.45) is 0 Å². The maximum atomic E-state index is 12.7. The van der Waals surface area contributed by atoms with Crippen LogP contribution < -0.4 is 10.1 Å². The van der Waals surface area contributed by atoms with Crippen LogP contribution in [0.25, 0.3) is 11.4 Å². The molecule has 1 aromatic heterocycles. The van der Waals surface area contributed by atoms with Crippen molar-refractivity contribution in [1.82, 2.24) is 20.4 Å². The van der Waals surface area contributed by atoms with Crippen molar-refractivity contribution < 1.29 is 14.1 Å². The van der Waals surface area contributed by atoms with Crippen molar-refractivity contribution in [3.8, 4) is 17.1 Å². The lowest BCUT2D eigenvalue weighted by Crippen LogP contribution is -2.42. The number of aromatic nitrogens is 2. The lowest BCUT2D eigenvalue weighted by atomic mass is 10.1. The minimum Gasteiger partial charge on any atom is -0.494 e. The quantitative estimate of drug-likeness (QED) is 0.729. The van der Waals surface area contributed by atoms with E-state index in [-0.39, 0.29) is 5.91 Å². The average molecular weight is 372 g/mol. The van der Waals surface area contributed by atoms with Gasteiger partial charge in [-0.25, -0.2) is 0 Å². The molecule has 27 heavy (non-hydrogen) atoms. The Labute approximate surface area is 160 Å². The molecule has 3 rings (SSSR count). The van der Waals surface area contributed by atoms with Gasteiger partial charge in [0.1, 0.15) is 5.75 Å². The Bertz CT molecular complexity index is 723. The van der Waals surface area contributed by atoms with Crippen LogP contribution in [0.2, 0.25) is 0 Å². The molecule has 1 N–H and O–H groups in total. The molecule has 7 heteroatoms. The van der Waals surface area contributed by atoms with Gasteiger partial charge in [-0.1, -0.05) is 12.1 Å². The molecule has 146 valence electrons. The van der Waals surface area contributed by atoms with Crippen LogP contribution in [-0.2, 0) is 11.2 Å². The third kappa shape index (κ3) is 5.07. The number of hydrogen-bond acceptors (Lipinski definition) is 6. The highest BCUT2D eigenvalue weighted by Gasteiger charge is 2.25. The van der Waals surface area contributed by atoms with Crippen molar-refractivity contribution in [2.75, 3.05) is 26.2 Å². The van der Waals surface area contributed by atoms with Gasteiger partial charge in [0.2, 0.25) is 17.6 Å². The molecule has 1 unspecified atom stereocenters. The zero-order valence-corrected chi connectivity index (χ0v) is 16.1. The molecule has 7 nitrogen and oxygen atoms in total. The fourth-order valence-electron chi connectivity index (χ4n) is 3.36. The average Bonchev–Trinajstić information content (AvgIpc) is 3.37. The van der Waals surface area contributed by atoms with Crippen LogP contribution in [0.1, 0.15) is 39.0 Å². The Kier molecular flexibility index (Phi) is 6.81. The molecular formula is C20H28N4O3. The molecular weight excluding hydrogens is 344 g/mol. The molecule has 1 amide bonds. The van der Waals surface area contributed by atoms with Crippen LogP contribution in [0.15, 0.2) is 28.8 Å². The van der Waals surface area contributed by atoms with E-state index in [1.807, 2.05) is 36.1 Å². The van der Waals surface area contributed by atoms with E-state index >= 15 is 0 Å². The largest absolute Gasteiger partial charge is 0.494 e. The maximum Gasteiger partial charge on any atom is 0.227 e. The van der Waals surface area contributed by atoms with E-state index in [0.29, 0.717) is 37.2 Å². The topological polar surface area (TPSA) is 80.5 Å². The summed E-state index contributed by atoms with van der Waals surface area (Å²) in [5.74, 6) is 2.00. The Morgan fingerprint density at radius 2 is 2.15 bits per heavy atom. The predicted molar refractivity (Wildman–Crippen MR) is 103 cm³/mol. The Morgan fingerprint density at radius 1 is 1.33 bits per heavy atom. The van der Waals surface area contributed by atoms with Crippen LogP contribution in [0, 0.1) is 0 Å². The van der Waals surface area contributed by atoms with Crippen molar-refractivity contribution in [3.05, 3.63) is 30.2 Å². The maximum absolute atomic E-state index is 12.7. The summed E-state index contributed by atoms with van der Waals surface area (Å²) in [5, 5.41) is 7.37. The van der Waals surface area contributed by atoms with Crippen LogP contribution in [0.3, 0.4) is 0 Å². The van der Waals surface area contributed by atoms with Crippen LogP contribution in [0.4, 0.5) is 0 Å². The Hall–Kier alpha value is -2.41. The standard InChI is InChI=1S/C20H28N4O3/c1-3-13-24(16-11-12-21-14-16)19(25)10-9-18-22-20(23-27-18)15-5-7-17(8-6-15)26-4-2/h5-8,16,21H,3-4,9-14H2,1-2H3. The number of rotatable bonds is 9. The zero-order valence-electron chi connectivity index (χ0n) is 16.1. The van der Waals surface area contributed by atoms with E-state index in [1.54, 1.807) is 0 Å². The highest BCUT2D eigenvalue weighted by molar-refractivity contribution is 5.76. The van der Waals surface area contributed by atoms with Gasteiger partial charge in [0, 0.05) is 37.5 Å². The molecule has 0 aliphatic carbocycles. The monoisotopic (exact) mass is 372 g/mol. The van der Waals surface area contributed by atoms with E-state index in [4.69, 9.17) is 9.26 Å². The minimum atomic E-state index is 0.159. The number of nitrogens with zero attached hydrogens (tertiary/aromatic N) is 3. The molecule has 0 saturated carbocycles. The van der Waals surface area contributed by atoms with E-state index < -0.39 is 0 Å². The Morgan fingerprint density at radius 3 is 2.81 bits per heavy atom. The number of amides is 1. The fraction of sp³-hybridized carbons (Fsp3) is 0.550. The van der Waals surface area contributed by atoms with Gasteiger partial charge in [0.15, 0.2) is 0 Å². The van der Waals surface area contributed by atoms with Crippen molar-refractivity contribution in [1.29, 1.82) is 0 Å². The fourth-order valence-corrected chi connectivity index (χ4v) is 3.36. The number of carbonyl (C=O) groups excluding carboxylic acids is 1. The van der Waals surface area contributed by atoms with Gasteiger partial charge in [-0.15, -0.1) is 0 Å². The third-order valence-corrected chi connectivity index (χ3v) is 4.70. The van der Waals surface area contributed by atoms with Gasteiger partial charge < -0.3 is 19.5 Å². The molecule has 0 bridgehead atoms. The number of nitrogens with one attached hydrogen (secondary N) is 1. The summed E-state index contributed by atoms with van der Waals surface area (Å²) in [4.78, 5) is 19.1. The van der Waals surface area contributed by atoms with Gasteiger partial charge in [0.05, 0.1) is 6.61 Å². The second-order valence-electron chi connectivity index (χ2n) is 6.70. The number of ether oxygens (including phenoxy) is 1. The smallest absolute Gasteiger partial charge is 0.227 e. The summed E-state index contributed by atoms with van der Waals surface area (Å²) in [6.07, 6.45) is 2.84. The molecule has 1 atom stereocenters. The summed E-state index contributed by atoms with van der Waals surface area (Å²) < 4.78 is 10.8. The molecule has 1 aromatic carbocycles. The summed E-state index contributed by atoms with van der Waals surface area (Å²) in [5.41, 5.74) is 0.865. The second-order valence-corrected chi connectivity index (χ2v) is 6.70. The van der Waals surface area contributed by atoms with E-state index in [9.17, 15) is 4.79 Å². The van der Waals surface area contributed by atoms with Gasteiger partial charge in [-0.05, 0) is 50.6 Å². The number of carbonyl (C=O) groups is 1. The molecule has 1 aliphatic heterocycles. The summed E-state index contributed by atoms with van der Waals surface area (Å²) in [7, 11) is 0. The molecule has 0 radical (unpaired) electrons. The first-order valence-corrected chi connectivity index (χ1v) is 9.77. The summed E-state index contributed by atoms with van der Waals surface area (Å²) in [6.45, 7) is 7.34. The molecule has 1 fully saturated rings. The second kappa shape index (κ2) is 9.50. The third-order valence-electron chi connectivity index (χ3n) is 4.70.